The molecular formula is C27H31N5O3. The van der Waals surface area contributed by atoms with Crippen LogP contribution in [0, 0.1) is 12.8 Å². The van der Waals surface area contributed by atoms with E-state index in [1.165, 1.54) is 5.56 Å². The monoisotopic (exact) mass is 473 g/mol. The van der Waals surface area contributed by atoms with Gasteiger partial charge in [-0.3, -0.25) is 9.59 Å². The van der Waals surface area contributed by atoms with Crippen molar-refractivity contribution < 1.29 is 14.0 Å². The number of piperazine rings is 1. The van der Waals surface area contributed by atoms with E-state index >= 15 is 0 Å². The predicted octanol–water partition coefficient (Wildman–Crippen LogP) is 3.52. The van der Waals surface area contributed by atoms with E-state index in [9.17, 15) is 9.59 Å². The minimum Gasteiger partial charge on any atom is -0.467 e. The number of aryl methyl sites for hydroxylation is 1. The summed E-state index contributed by atoms with van der Waals surface area (Å²) >= 11 is 0. The van der Waals surface area contributed by atoms with E-state index in [0.29, 0.717) is 38.5 Å². The zero-order valence-electron chi connectivity index (χ0n) is 20.1. The van der Waals surface area contributed by atoms with E-state index in [1.54, 1.807) is 17.2 Å². The van der Waals surface area contributed by atoms with Crippen LogP contribution in [-0.2, 0) is 16.1 Å². The zero-order chi connectivity index (χ0) is 24.2. The lowest BCUT2D eigenvalue weighted by atomic mass is 9.84. The quantitative estimate of drug-likeness (QED) is 0.522. The van der Waals surface area contributed by atoms with Crippen LogP contribution in [0.4, 0.5) is 5.82 Å². The van der Waals surface area contributed by atoms with Gasteiger partial charge in [0.15, 0.2) is 5.82 Å². The van der Waals surface area contributed by atoms with Crippen LogP contribution >= 0.6 is 0 Å². The average Bonchev–Trinajstić information content (AvgIpc) is 3.36. The molecule has 0 radical (unpaired) electrons. The lowest BCUT2D eigenvalue weighted by Crippen LogP contribution is -2.52. The third-order valence-electron chi connectivity index (χ3n) is 6.97. The second-order valence-corrected chi connectivity index (χ2v) is 9.41. The molecule has 1 aliphatic heterocycles. The number of amides is 2. The predicted molar refractivity (Wildman–Crippen MR) is 132 cm³/mol. The van der Waals surface area contributed by atoms with Crippen molar-refractivity contribution in [3.05, 3.63) is 66.1 Å². The van der Waals surface area contributed by atoms with Crippen molar-refractivity contribution in [1.29, 1.82) is 0 Å². The van der Waals surface area contributed by atoms with Crippen LogP contribution < -0.4 is 4.90 Å². The normalized spacial score (nSPS) is 16.1. The molecule has 2 aliphatic rings. The van der Waals surface area contributed by atoms with Gasteiger partial charge in [-0.2, -0.15) is 0 Å². The number of carbonyl (C=O) groups is 2. The molecule has 0 spiro atoms. The molecule has 35 heavy (non-hydrogen) atoms. The Kier molecular flexibility index (Phi) is 6.79. The van der Waals surface area contributed by atoms with Gasteiger partial charge in [0.2, 0.25) is 11.8 Å². The lowest BCUT2D eigenvalue weighted by Gasteiger charge is -2.37. The van der Waals surface area contributed by atoms with Gasteiger partial charge in [0.05, 0.1) is 18.5 Å². The minimum absolute atomic E-state index is 0.0234. The summed E-state index contributed by atoms with van der Waals surface area (Å²) in [4.78, 5) is 31.7. The minimum atomic E-state index is -0.0234. The fourth-order valence-corrected chi connectivity index (χ4v) is 4.54. The molecule has 8 nitrogen and oxygen atoms in total. The van der Waals surface area contributed by atoms with Crippen LogP contribution in [0.15, 0.2) is 59.2 Å². The lowest BCUT2D eigenvalue weighted by molar-refractivity contribution is -0.145. The molecule has 8 heteroatoms. The van der Waals surface area contributed by atoms with Crippen LogP contribution in [0.5, 0.6) is 0 Å². The van der Waals surface area contributed by atoms with E-state index in [-0.39, 0.29) is 24.3 Å². The van der Waals surface area contributed by atoms with Gasteiger partial charge < -0.3 is 19.1 Å². The van der Waals surface area contributed by atoms with Gasteiger partial charge in [-0.15, -0.1) is 10.2 Å². The number of benzene rings is 1. The smallest absolute Gasteiger partial charge is 0.242 e. The van der Waals surface area contributed by atoms with Crippen LogP contribution in [0.2, 0.25) is 0 Å². The number of carbonyl (C=O) groups excluding carboxylic acids is 2. The van der Waals surface area contributed by atoms with Crippen molar-refractivity contribution in [3.8, 4) is 11.3 Å². The molecule has 1 aromatic carbocycles. The van der Waals surface area contributed by atoms with Gasteiger partial charge in [-0.1, -0.05) is 36.2 Å². The molecule has 2 aromatic heterocycles. The molecule has 1 saturated carbocycles. The fourth-order valence-electron chi connectivity index (χ4n) is 4.54. The first-order chi connectivity index (χ1) is 17.1. The highest BCUT2D eigenvalue weighted by atomic mass is 16.3. The summed E-state index contributed by atoms with van der Waals surface area (Å²) in [6.07, 6.45) is 4.49. The number of aromatic nitrogens is 2. The Morgan fingerprint density at radius 3 is 2.37 bits per heavy atom. The topological polar surface area (TPSA) is 82.8 Å². The second-order valence-electron chi connectivity index (χ2n) is 9.41. The number of anilines is 1. The molecule has 1 aliphatic carbocycles. The van der Waals surface area contributed by atoms with Crippen molar-refractivity contribution in [2.24, 2.45) is 5.92 Å². The van der Waals surface area contributed by atoms with Crippen molar-refractivity contribution in [3.63, 3.8) is 0 Å². The first kappa shape index (κ1) is 23.1. The molecule has 2 amide bonds. The fraction of sp³-hybridized carbons (Fsp3) is 0.407. The molecule has 0 atom stereocenters. The number of furan rings is 1. The van der Waals surface area contributed by atoms with Gasteiger partial charge in [0.1, 0.15) is 12.3 Å². The van der Waals surface area contributed by atoms with E-state index in [1.807, 2.05) is 35.2 Å². The zero-order valence-corrected chi connectivity index (χ0v) is 20.1. The summed E-state index contributed by atoms with van der Waals surface area (Å²) in [7, 11) is 0. The Labute approximate surface area is 205 Å². The SMILES string of the molecule is Cc1ccc(-c2ccc(N3CCN(C(=O)CN(Cc4ccco4)C(=O)C4CCC4)CC3)nn2)cc1. The third kappa shape index (κ3) is 5.37. The van der Waals surface area contributed by atoms with E-state index < -0.39 is 0 Å². The average molecular weight is 474 g/mol. The first-order valence-electron chi connectivity index (χ1n) is 12.3. The summed E-state index contributed by atoms with van der Waals surface area (Å²) in [5.74, 6) is 1.58. The second kappa shape index (κ2) is 10.3. The van der Waals surface area contributed by atoms with Gasteiger partial charge in [0, 0.05) is 37.7 Å². The molecule has 3 heterocycles. The molecule has 2 fully saturated rings. The highest BCUT2D eigenvalue weighted by molar-refractivity contribution is 5.86. The number of rotatable bonds is 7. The first-order valence-corrected chi connectivity index (χ1v) is 12.3. The van der Waals surface area contributed by atoms with Gasteiger partial charge in [-0.25, -0.2) is 0 Å². The molecule has 0 N–H and O–H groups in total. The Hall–Kier alpha value is -3.68. The van der Waals surface area contributed by atoms with E-state index in [4.69, 9.17) is 4.42 Å². The Balaban J connectivity index is 1.17. The molecule has 0 unspecified atom stereocenters. The van der Waals surface area contributed by atoms with Crippen molar-refractivity contribution in [1.82, 2.24) is 20.0 Å². The van der Waals surface area contributed by atoms with Crippen molar-refractivity contribution in [2.45, 2.75) is 32.7 Å². The van der Waals surface area contributed by atoms with E-state index in [2.05, 4.69) is 34.2 Å². The number of hydrogen-bond donors (Lipinski definition) is 0. The molecule has 3 aromatic rings. The third-order valence-corrected chi connectivity index (χ3v) is 6.97. The van der Waals surface area contributed by atoms with Crippen molar-refractivity contribution in [2.75, 3.05) is 37.6 Å². The van der Waals surface area contributed by atoms with Crippen molar-refractivity contribution >= 4 is 17.6 Å². The van der Waals surface area contributed by atoms with Crippen LogP contribution in [0.3, 0.4) is 0 Å². The maximum absolute atomic E-state index is 13.1. The van der Waals surface area contributed by atoms with Gasteiger partial charge in [-0.05, 0) is 44.0 Å². The summed E-state index contributed by atoms with van der Waals surface area (Å²) in [5, 5.41) is 8.84. The summed E-state index contributed by atoms with van der Waals surface area (Å²) in [6.45, 7) is 5.01. The largest absolute Gasteiger partial charge is 0.467 e. The molecule has 0 bridgehead atoms. The Bertz CT molecular complexity index is 1130. The van der Waals surface area contributed by atoms with Gasteiger partial charge in [0.25, 0.3) is 0 Å². The van der Waals surface area contributed by atoms with E-state index in [0.717, 1.165) is 36.3 Å². The summed E-state index contributed by atoms with van der Waals surface area (Å²) in [6, 6.07) is 15.9. The van der Waals surface area contributed by atoms with Crippen LogP contribution in [0.25, 0.3) is 11.3 Å². The highest BCUT2D eigenvalue weighted by Gasteiger charge is 2.32. The van der Waals surface area contributed by atoms with Gasteiger partial charge >= 0.3 is 0 Å². The Morgan fingerprint density at radius 2 is 1.77 bits per heavy atom. The highest BCUT2D eigenvalue weighted by Crippen LogP contribution is 2.29. The number of nitrogens with zero attached hydrogens (tertiary/aromatic N) is 5. The standard InChI is InChI=1S/C27H31N5O3/c1-20-7-9-21(10-8-20)24-11-12-25(29-28-24)30-13-15-31(16-14-30)26(33)19-32(18-23-6-3-17-35-23)27(34)22-4-2-5-22/h3,6-12,17,22H,2,4-5,13-16,18-19H2,1H3. The maximum atomic E-state index is 13.1. The molecule has 182 valence electrons. The Morgan fingerprint density at radius 1 is 1.00 bits per heavy atom. The molecule has 5 rings (SSSR count). The molecule has 1 saturated heterocycles. The van der Waals surface area contributed by atoms with Crippen LogP contribution in [0.1, 0.15) is 30.6 Å². The maximum Gasteiger partial charge on any atom is 0.242 e. The molecular weight excluding hydrogens is 442 g/mol. The summed E-state index contributed by atoms with van der Waals surface area (Å²) in [5.41, 5.74) is 3.10. The number of hydrogen-bond acceptors (Lipinski definition) is 6. The summed E-state index contributed by atoms with van der Waals surface area (Å²) < 4.78 is 5.44. The van der Waals surface area contributed by atoms with Crippen LogP contribution in [-0.4, -0.2) is 64.5 Å².